The molecule has 2 atom stereocenters. The van der Waals surface area contributed by atoms with Crippen LogP contribution < -0.4 is 24.3 Å². The lowest BCUT2D eigenvalue weighted by atomic mass is 9.71. The highest BCUT2D eigenvalue weighted by Gasteiger charge is 2.42. The minimum Gasteiger partial charge on any atom is -0.497 e. The average molecular weight is 538 g/mol. The highest BCUT2D eigenvalue weighted by molar-refractivity contribution is 6.04. The number of carbonyl (C=O) groups is 2. The molecule has 1 N–H and O–H groups in total. The lowest BCUT2D eigenvalue weighted by Gasteiger charge is -2.37. The SMILES string of the molecule is COCCOC(=O)C1=C(C)NC2=C(C(=O)CC(c3ccc(OC)cc3)C2)C1c1cc(OC)c(OC)c(OC)c1. The van der Waals surface area contributed by atoms with E-state index in [0.29, 0.717) is 52.5 Å². The number of ketones is 1. The van der Waals surface area contributed by atoms with Gasteiger partial charge in [0, 0.05) is 36.4 Å². The third kappa shape index (κ3) is 5.59. The van der Waals surface area contributed by atoms with E-state index in [1.54, 1.807) is 19.2 Å². The molecule has 0 amide bonds. The van der Waals surface area contributed by atoms with Crippen LogP contribution in [0.15, 0.2) is 58.9 Å². The van der Waals surface area contributed by atoms with Gasteiger partial charge in [0.15, 0.2) is 17.3 Å². The summed E-state index contributed by atoms with van der Waals surface area (Å²) in [6.45, 7) is 2.17. The summed E-state index contributed by atoms with van der Waals surface area (Å²) >= 11 is 0. The molecule has 0 fully saturated rings. The van der Waals surface area contributed by atoms with E-state index >= 15 is 0 Å². The van der Waals surface area contributed by atoms with Crippen molar-refractivity contribution in [2.75, 3.05) is 48.8 Å². The molecule has 0 bridgehead atoms. The normalized spacial score (nSPS) is 18.8. The van der Waals surface area contributed by atoms with E-state index in [1.807, 2.05) is 31.2 Å². The molecule has 0 aromatic heterocycles. The van der Waals surface area contributed by atoms with E-state index in [2.05, 4.69) is 5.32 Å². The molecule has 208 valence electrons. The Balaban J connectivity index is 1.82. The van der Waals surface area contributed by atoms with Gasteiger partial charge >= 0.3 is 5.97 Å². The molecule has 9 heteroatoms. The second-order valence-electron chi connectivity index (χ2n) is 9.38. The van der Waals surface area contributed by atoms with Crippen LogP contribution in [0.25, 0.3) is 0 Å². The van der Waals surface area contributed by atoms with Crippen molar-refractivity contribution in [2.24, 2.45) is 0 Å². The first-order chi connectivity index (χ1) is 18.9. The molecule has 4 rings (SSSR count). The maximum atomic E-state index is 13.9. The van der Waals surface area contributed by atoms with Crippen LogP contribution in [0.5, 0.6) is 23.0 Å². The largest absolute Gasteiger partial charge is 0.497 e. The summed E-state index contributed by atoms with van der Waals surface area (Å²) < 4.78 is 32.5. The number of esters is 1. The molecule has 0 saturated heterocycles. The summed E-state index contributed by atoms with van der Waals surface area (Å²) in [5.74, 6) is 0.770. The number of benzene rings is 2. The smallest absolute Gasteiger partial charge is 0.336 e. The number of carbonyl (C=O) groups excluding carboxylic acids is 2. The molecule has 0 radical (unpaired) electrons. The monoisotopic (exact) mass is 537 g/mol. The van der Waals surface area contributed by atoms with Gasteiger partial charge in [0.05, 0.1) is 40.6 Å². The first kappa shape index (κ1) is 28.0. The summed E-state index contributed by atoms with van der Waals surface area (Å²) in [7, 11) is 7.74. The van der Waals surface area contributed by atoms with Crippen LogP contribution in [0.1, 0.15) is 42.7 Å². The van der Waals surface area contributed by atoms with Crippen molar-refractivity contribution in [1.82, 2.24) is 5.32 Å². The summed E-state index contributed by atoms with van der Waals surface area (Å²) in [6.07, 6.45) is 0.913. The van der Waals surface area contributed by atoms with Gasteiger partial charge in [-0.15, -0.1) is 0 Å². The number of dihydropyridines is 1. The summed E-state index contributed by atoms with van der Waals surface area (Å²) in [5, 5.41) is 3.37. The van der Waals surface area contributed by atoms with Gasteiger partial charge in [0.25, 0.3) is 0 Å². The van der Waals surface area contributed by atoms with Crippen LogP contribution in [0.2, 0.25) is 0 Å². The van der Waals surface area contributed by atoms with Gasteiger partial charge < -0.3 is 33.7 Å². The van der Waals surface area contributed by atoms with Crippen LogP contribution in [0.3, 0.4) is 0 Å². The number of hydrogen-bond acceptors (Lipinski definition) is 9. The van der Waals surface area contributed by atoms with Gasteiger partial charge in [-0.25, -0.2) is 4.79 Å². The zero-order valence-corrected chi connectivity index (χ0v) is 23.2. The highest BCUT2D eigenvalue weighted by atomic mass is 16.6. The molecule has 2 aliphatic rings. The summed E-state index contributed by atoms with van der Waals surface area (Å²) in [5.41, 5.74) is 4.02. The van der Waals surface area contributed by atoms with Gasteiger partial charge in [-0.1, -0.05) is 12.1 Å². The summed E-state index contributed by atoms with van der Waals surface area (Å²) in [6, 6.07) is 11.3. The number of nitrogens with one attached hydrogen (secondary N) is 1. The van der Waals surface area contributed by atoms with Gasteiger partial charge in [0.2, 0.25) is 5.75 Å². The van der Waals surface area contributed by atoms with Gasteiger partial charge in [0.1, 0.15) is 12.4 Å². The minimum atomic E-state index is -0.686. The van der Waals surface area contributed by atoms with Gasteiger partial charge in [-0.2, -0.15) is 0 Å². The number of hydrogen-bond donors (Lipinski definition) is 1. The Morgan fingerprint density at radius 1 is 0.872 bits per heavy atom. The van der Waals surface area contributed by atoms with E-state index in [0.717, 1.165) is 17.0 Å². The molecule has 2 aromatic rings. The predicted molar refractivity (Wildman–Crippen MR) is 145 cm³/mol. The standard InChI is InChI=1S/C30H35NO8/c1-17-26(30(33)39-12-11-34-2)27(20-15-24(36-4)29(38-6)25(16-20)37-5)28-22(31-17)13-19(14-23(28)32)18-7-9-21(35-3)10-8-18/h7-10,15-16,19,27,31H,11-14H2,1-6H3. The van der Waals surface area contributed by atoms with Crippen molar-refractivity contribution in [3.63, 3.8) is 0 Å². The Bertz CT molecular complexity index is 1270. The van der Waals surface area contributed by atoms with Crippen LogP contribution in [-0.2, 0) is 19.1 Å². The third-order valence-electron chi connectivity index (χ3n) is 7.18. The van der Waals surface area contributed by atoms with Crippen LogP contribution in [-0.4, -0.2) is 60.5 Å². The Morgan fingerprint density at radius 3 is 2.10 bits per heavy atom. The van der Waals surface area contributed by atoms with Gasteiger partial charge in [-0.3, -0.25) is 4.79 Å². The third-order valence-corrected chi connectivity index (χ3v) is 7.18. The quantitative estimate of drug-likeness (QED) is 0.352. The van der Waals surface area contributed by atoms with Crippen LogP contribution in [0.4, 0.5) is 0 Å². The number of Topliss-reactive ketones (excluding diaryl/α,β-unsaturated/α-hetero) is 1. The molecular weight excluding hydrogens is 502 g/mol. The van der Waals surface area contributed by atoms with Crippen LogP contribution >= 0.6 is 0 Å². The van der Waals surface area contributed by atoms with E-state index in [4.69, 9.17) is 28.4 Å². The fourth-order valence-electron chi connectivity index (χ4n) is 5.32. The van der Waals surface area contributed by atoms with Crippen molar-refractivity contribution >= 4 is 11.8 Å². The molecule has 1 aliphatic heterocycles. The predicted octanol–water partition coefficient (Wildman–Crippen LogP) is 4.27. The Hall–Kier alpha value is -3.98. The molecule has 2 unspecified atom stereocenters. The number of methoxy groups -OCH3 is 5. The minimum absolute atomic E-state index is 0.0155. The van der Waals surface area contributed by atoms with Crippen molar-refractivity contribution in [1.29, 1.82) is 0 Å². The number of allylic oxidation sites excluding steroid dienone is 3. The number of ether oxygens (including phenoxy) is 6. The van der Waals surface area contributed by atoms with E-state index < -0.39 is 11.9 Å². The highest BCUT2D eigenvalue weighted by Crippen LogP contribution is 2.49. The first-order valence-corrected chi connectivity index (χ1v) is 12.7. The fourth-order valence-corrected chi connectivity index (χ4v) is 5.32. The Labute approximate surface area is 228 Å². The van der Waals surface area contributed by atoms with Crippen molar-refractivity contribution in [3.8, 4) is 23.0 Å². The average Bonchev–Trinajstić information content (AvgIpc) is 2.95. The van der Waals surface area contributed by atoms with Crippen molar-refractivity contribution < 1.29 is 38.0 Å². The van der Waals surface area contributed by atoms with E-state index in [9.17, 15) is 9.59 Å². The molecule has 0 spiro atoms. The molecular formula is C30H35NO8. The van der Waals surface area contributed by atoms with Crippen LogP contribution in [0, 0.1) is 0 Å². The van der Waals surface area contributed by atoms with E-state index in [-0.39, 0.29) is 24.9 Å². The van der Waals surface area contributed by atoms with Gasteiger partial charge in [-0.05, 0) is 54.7 Å². The van der Waals surface area contributed by atoms with Crippen molar-refractivity contribution in [3.05, 3.63) is 70.1 Å². The zero-order chi connectivity index (χ0) is 28.1. The van der Waals surface area contributed by atoms with Crippen molar-refractivity contribution in [2.45, 2.75) is 31.6 Å². The first-order valence-electron chi connectivity index (χ1n) is 12.7. The molecule has 39 heavy (non-hydrogen) atoms. The maximum Gasteiger partial charge on any atom is 0.336 e. The Kier molecular flexibility index (Phi) is 8.81. The molecule has 1 heterocycles. The summed E-state index contributed by atoms with van der Waals surface area (Å²) in [4.78, 5) is 27.3. The number of rotatable bonds is 10. The maximum absolute atomic E-state index is 13.9. The Morgan fingerprint density at radius 2 is 1.54 bits per heavy atom. The second-order valence-corrected chi connectivity index (χ2v) is 9.38. The molecule has 2 aromatic carbocycles. The zero-order valence-electron chi connectivity index (χ0n) is 23.2. The topological polar surface area (TPSA) is 102 Å². The second kappa shape index (κ2) is 12.3. The molecule has 1 aliphatic carbocycles. The van der Waals surface area contributed by atoms with E-state index in [1.165, 1.54) is 28.4 Å². The lowest BCUT2D eigenvalue weighted by Crippen LogP contribution is -2.36. The fraction of sp³-hybridized carbons (Fsp3) is 0.400. The lowest BCUT2D eigenvalue weighted by molar-refractivity contribution is -0.140. The molecule has 0 saturated carbocycles. The molecule has 9 nitrogen and oxygen atoms in total.